The largest absolute Gasteiger partial charge is 0.355 e. The van der Waals surface area contributed by atoms with Crippen LogP contribution in [-0.2, 0) is 9.59 Å². The second kappa shape index (κ2) is 11.5. The van der Waals surface area contributed by atoms with E-state index in [1.807, 2.05) is 40.1 Å². The number of carbonyl (C=O) groups excluding carboxylic acids is 3. The van der Waals surface area contributed by atoms with E-state index in [0.717, 1.165) is 44.5 Å². The summed E-state index contributed by atoms with van der Waals surface area (Å²) in [6, 6.07) is 9.29. The summed E-state index contributed by atoms with van der Waals surface area (Å²) in [6.07, 6.45) is 6.96. The number of para-hydroxylation sites is 1. The van der Waals surface area contributed by atoms with Crippen LogP contribution >= 0.6 is 0 Å². The minimum atomic E-state index is -0.125. The van der Waals surface area contributed by atoms with E-state index in [9.17, 15) is 14.4 Å². The summed E-state index contributed by atoms with van der Waals surface area (Å²) in [5, 5.41) is 6.11. The van der Waals surface area contributed by atoms with Gasteiger partial charge in [0.15, 0.2) is 0 Å². The van der Waals surface area contributed by atoms with Gasteiger partial charge in [-0.15, -0.1) is 0 Å². The van der Waals surface area contributed by atoms with Gasteiger partial charge in [-0.05, 0) is 43.7 Å². The van der Waals surface area contributed by atoms with Gasteiger partial charge in [0.25, 0.3) is 0 Å². The van der Waals surface area contributed by atoms with E-state index in [2.05, 4.69) is 15.5 Å². The number of urea groups is 1. The Hall–Kier alpha value is -2.61. The van der Waals surface area contributed by atoms with E-state index in [0.29, 0.717) is 45.1 Å². The molecule has 1 saturated carbocycles. The van der Waals surface area contributed by atoms with Crippen molar-refractivity contribution < 1.29 is 14.4 Å². The number of hydrogen-bond acceptors (Lipinski definition) is 4. The number of piperazine rings is 1. The molecule has 2 N–H and O–H groups in total. The Morgan fingerprint density at radius 1 is 0.970 bits per heavy atom. The van der Waals surface area contributed by atoms with Crippen molar-refractivity contribution in [2.45, 2.75) is 51.0 Å². The fourth-order valence-corrected chi connectivity index (χ4v) is 5.40. The lowest BCUT2D eigenvalue weighted by atomic mass is 9.95. The predicted octanol–water partition coefficient (Wildman–Crippen LogP) is 2.52. The molecule has 33 heavy (non-hydrogen) atoms. The summed E-state index contributed by atoms with van der Waals surface area (Å²) in [6.45, 7) is 4.82. The van der Waals surface area contributed by atoms with Crippen LogP contribution in [0.5, 0.6) is 0 Å². The Bertz CT molecular complexity index is 804. The molecule has 0 spiro atoms. The summed E-state index contributed by atoms with van der Waals surface area (Å²) < 4.78 is 0. The number of rotatable bonds is 8. The first-order valence-corrected chi connectivity index (χ1v) is 12.5. The van der Waals surface area contributed by atoms with Gasteiger partial charge in [0.05, 0.1) is 6.04 Å². The molecule has 0 unspecified atom stereocenters. The molecule has 8 heteroatoms. The molecule has 8 nitrogen and oxygen atoms in total. The lowest BCUT2D eigenvalue weighted by Gasteiger charge is -2.40. The van der Waals surface area contributed by atoms with Crippen LogP contribution in [0.15, 0.2) is 30.3 Å². The van der Waals surface area contributed by atoms with Crippen molar-refractivity contribution in [3.63, 3.8) is 0 Å². The maximum atomic E-state index is 13.2. The molecule has 3 aliphatic rings. The Kier molecular flexibility index (Phi) is 8.20. The molecule has 4 amide bonds. The normalized spacial score (nSPS) is 20.8. The lowest BCUT2D eigenvalue weighted by molar-refractivity contribution is -0.129. The fourth-order valence-electron chi connectivity index (χ4n) is 5.40. The van der Waals surface area contributed by atoms with E-state index >= 15 is 0 Å². The molecule has 2 heterocycles. The maximum Gasteiger partial charge on any atom is 0.321 e. The van der Waals surface area contributed by atoms with Gasteiger partial charge in [0, 0.05) is 57.9 Å². The summed E-state index contributed by atoms with van der Waals surface area (Å²) in [5.41, 5.74) is 0.795. The molecule has 3 fully saturated rings. The third kappa shape index (κ3) is 6.25. The first kappa shape index (κ1) is 23.5. The van der Waals surface area contributed by atoms with Crippen molar-refractivity contribution in [3.8, 4) is 0 Å². The van der Waals surface area contributed by atoms with Crippen LogP contribution < -0.4 is 10.6 Å². The van der Waals surface area contributed by atoms with Gasteiger partial charge >= 0.3 is 6.03 Å². The number of anilines is 1. The summed E-state index contributed by atoms with van der Waals surface area (Å²) in [7, 11) is 0. The molecule has 0 bridgehead atoms. The number of amides is 4. The predicted molar refractivity (Wildman–Crippen MR) is 128 cm³/mol. The molecule has 2 aliphatic heterocycles. The number of benzene rings is 1. The third-order valence-corrected chi connectivity index (χ3v) is 7.21. The topological polar surface area (TPSA) is 85.0 Å². The van der Waals surface area contributed by atoms with Crippen molar-refractivity contribution in [1.29, 1.82) is 0 Å². The van der Waals surface area contributed by atoms with E-state index in [1.54, 1.807) is 0 Å². The van der Waals surface area contributed by atoms with Gasteiger partial charge < -0.3 is 20.4 Å². The van der Waals surface area contributed by atoms with Crippen LogP contribution in [0.2, 0.25) is 0 Å². The van der Waals surface area contributed by atoms with Gasteiger partial charge in [-0.3, -0.25) is 14.5 Å². The van der Waals surface area contributed by atoms with Gasteiger partial charge in [-0.25, -0.2) is 4.79 Å². The van der Waals surface area contributed by atoms with Crippen molar-refractivity contribution in [2.24, 2.45) is 5.92 Å². The van der Waals surface area contributed by atoms with Crippen LogP contribution in [0, 0.1) is 5.92 Å². The maximum absolute atomic E-state index is 13.2. The first-order valence-electron chi connectivity index (χ1n) is 12.5. The Morgan fingerprint density at radius 2 is 1.70 bits per heavy atom. The highest BCUT2D eigenvalue weighted by atomic mass is 16.2. The number of nitrogens with zero attached hydrogens (tertiary/aromatic N) is 3. The van der Waals surface area contributed by atoms with E-state index < -0.39 is 0 Å². The lowest BCUT2D eigenvalue weighted by Crippen LogP contribution is -2.58. The minimum Gasteiger partial charge on any atom is -0.355 e. The molecule has 0 radical (unpaired) electrons. The monoisotopic (exact) mass is 455 g/mol. The third-order valence-electron chi connectivity index (χ3n) is 7.21. The molecular formula is C25H37N5O3. The Balaban J connectivity index is 1.26. The average Bonchev–Trinajstić information content (AvgIpc) is 3.50. The number of nitrogens with one attached hydrogen (secondary N) is 2. The zero-order valence-electron chi connectivity index (χ0n) is 19.5. The molecule has 4 rings (SSSR count). The molecule has 0 aromatic heterocycles. The first-order chi connectivity index (χ1) is 16.1. The zero-order chi connectivity index (χ0) is 23.0. The van der Waals surface area contributed by atoms with E-state index in [4.69, 9.17) is 0 Å². The fraction of sp³-hybridized carbons (Fsp3) is 0.640. The summed E-state index contributed by atoms with van der Waals surface area (Å²) in [4.78, 5) is 43.6. The molecule has 1 aliphatic carbocycles. The van der Waals surface area contributed by atoms with E-state index in [-0.39, 0.29) is 23.9 Å². The number of likely N-dealkylation sites (tertiary alicyclic amines) is 1. The van der Waals surface area contributed by atoms with Crippen LogP contribution in [0.1, 0.15) is 44.9 Å². The van der Waals surface area contributed by atoms with Crippen LogP contribution in [0.3, 0.4) is 0 Å². The van der Waals surface area contributed by atoms with E-state index in [1.165, 1.54) is 12.8 Å². The molecular weight excluding hydrogens is 418 g/mol. The van der Waals surface area contributed by atoms with Crippen LogP contribution in [0.4, 0.5) is 10.5 Å². The van der Waals surface area contributed by atoms with Crippen molar-refractivity contribution >= 4 is 23.5 Å². The second-order valence-corrected chi connectivity index (χ2v) is 9.44. The van der Waals surface area contributed by atoms with Gasteiger partial charge in [0.2, 0.25) is 11.8 Å². The standard InChI is InChI=1S/C25H37N5O3/c31-22-12-6-14-28(22)15-7-13-26-24(32)23(20-8-4-5-9-20)29-16-18-30(19-17-29)25(33)27-21-10-2-1-3-11-21/h1-3,10-11,20,23H,4-9,12-19H2,(H,26,32)(H,27,33)/t23-/m1/s1. The summed E-state index contributed by atoms with van der Waals surface area (Å²) in [5.74, 6) is 0.728. The second-order valence-electron chi connectivity index (χ2n) is 9.44. The molecule has 1 aromatic carbocycles. The summed E-state index contributed by atoms with van der Waals surface area (Å²) >= 11 is 0. The molecule has 1 atom stereocenters. The van der Waals surface area contributed by atoms with Crippen molar-refractivity contribution in [2.75, 3.05) is 51.1 Å². The number of carbonyl (C=O) groups is 3. The highest BCUT2D eigenvalue weighted by Crippen LogP contribution is 2.31. The molecule has 1 aromatic rings. The molecule has 2 saturated heterocycles. The van der Waals surface area contributed by atoms with Gasteiger partial charge in [0.1, 0.15) is 0 Å². The zero-order valence-corrected chi connectivity index (χ0v) is 19.5. The van der Waals surface area contributed by atoms with Crippen molar-refractivity contribution in [1.82, 2.24) is 20.0 Å². The highest BCUT2D eigenvalue weighted by Gasteiger charge is 2.37. The quantitative estimate of drug-likeness (QED) is 0.590. The Labute approximate surface area is 196 Å². The van der Waals surface area contributed by atoms with Gasteiger partial charge in [-0.1, -0.05) is 31.0 Å². The Morgan fingerprint density at radius 3 is 2.36 bits per heavy atom. The minimum absolute atomic E-state index is 0.0841. The number of hydrogen-bond donors (Lipinski definition) is 2. The SMILES string of the molecule is O=C(NCCCN1CCCC1=O)[C@@H](C1CCCC1)N1CCN(C(=O)Nc2ccccc2)CC1. The highest BCUT2D eigenvalue weighted by molar-refractivity contribution is 5.89. The molecule has 180 valence electrons. The van der Waals surface area contributed by atoms with Gasteiger partial charge in [-0.2, -0.15) is 0 Å². The van der Waals surface area contributed by atoms with Crippen molar-refractivity contribution in [3.05, 3.63) is 30.3 Å². The van der Waals surface area contributed by atoms with Crippen LogP contribution in [-0.4, -0.2) is 84.4 Å². The smallest absolute Gasteiger partial charge is 0.321 e. The van der Waals surface area contributed by atoms with Crippen LogP contribution in [0.25, 0.3) is 0 Å². The average molecular weight is 456 g/mol.